The first-order valence-corrected chi connectivity index (χ1v) is 8.06. The third-order valence-corrected chi connectivity index (χ3v) is 4.43. The van der Waals surface area contributed by atoms with Crippen LogP contribution in [0.2, 0.25) is 0 Å². The highest BCUT2D eigenvalue weighted by Crippen LogP contribution is 2.29. The maximum atomic E-state index is 12.4. The fourth-order valence-electron chi connectivity index (χ4n) is 3.04. The number of hydrogen-bond acceptors (Lipinski definition) is 3. The standard InChI is InChI=1S/C19H22N2O2/c20-14-19(12-4-5-13-19)21-18(22)15-8-10-17(11-9-15)23-16-6-2-1-3-7-16/h1-3,6-11H,4-5,12-14,20H2,(H,21,22). The van der Waals surface area contributed by atoms with Crippen LogP contribution in [0.25, 0.3) is 0 Å². The van der Waals surface area contributed by atoms with Crippen LogP contribution in [0.4, 0.5) is 0 Å². The number of hydrogen-bond donors (Lipinski definition) is 2. The van der Waals surface area contributed by atoms with E-state index in [1.807, 2.05) is 42.5 Å². The smallest absolute Gasteiger partial charge is 0.251 e. The molecule has 0 radical (unpaired) electrons. The molecule has 3 N–H and O–H groups in total. The third kappa shape index (κ3) is 3.71. The van der Waals surface area contributed by atoms with Crippen molar-refractivity contribution in [2.45, 2.75) is 31.2 Å². The van der Waals surface area contributed by atoms with Crippen LogP contribution in [0, 0.1) is 0 Å². The predicted molar refractivity (Wildman–Crippen MR) is 90.7 cm³/mol. The minimum Gasteiger partial charge on any atom is -0.457 e. The van der Waals surface area contributed by atoms with Crippen LogP contribution in [0.3, 0.4) is 0 Å². The largest absolute Gasteiger partial charge is 0.457 e. The van der Waals surface area contributed by atoms with Crippen molar-refractivity contribution in [2.24, 2.45) is 5.73 Å². The average Bonchev–Trinajstić information content (AvgIpc) is 3.05. The van der Waals surface area contributed by atoms with Gasteiger partial charge in [-0.1, -0.05) is 31.0 Å². The van der Waals surface area contributed by atoms with Gasteiger partial charge >= 0.3 is 0 Å². The van der Waals surface area contributed by atoms with Gasteiger partial charge in [-0.25, -0.2) is 0 Å². The van der Waals surface area contributed by atoms with Crippen LogP contribution < -0.4 is 15.8 Å². The highest BCUT2D eigenvalue weighted by atomic mass is 16.5. The average molecular weight is 310 g/mol. The molecular weight excluding hydrogens is 288 g/mol. The third-order valence-electron chi connectivity index (χ3n) is 4.43. The van der Waals surface area contributed by atoms with Gasteiger partial charge in [-0.3, -0.25) is 4.79 Å². The maximum Gasteiger partial charge on any atom is 0.251 e. The zero-order valence-electron chi connectivity index (χ0n) is 13.1. The van der Waals surface area contributed by atoms with Crippen LogP contribution in [0.15, 0.2) is 54.6 Å². The first-order chi connectivity index (χ1) is 11.2. The fraction of sp³-hybridized carbons (Fsp3) is 0.316. The first-order valence-electron chi connectivity index (χ1n) is 8.06. The summed E-state index contributed by atoms with van der Waals surface area (Å²) in [6.45, 7) is 0.494. The highest BCUT2D eigenvalue weighted by molar-refractivity contribution is 5.94. The van der Waals surface area contributed by atoms with Gasteiger partial charge in [0.1, 0.15) is 11.5 Å². The van der Waals surface area contributed by atoms with Gasteiger partial charge in [0.2, 0.25) is 0 Å². The molecule has 4 heteroatoms. The molecule has 0 unspecified atom stereocenters. The molecule has 0 bridgehead atoms. The SMILES string of the molecule is NCC1(NC(=O)c2ccc(Oc3ccccc3)cc2)CCCC1. The number of rotatable bonds is 5. The van der Waals surface area contributed by atoms with Crippen LogP contribution >= 0.6 is 0 Å². The van der Waals surface area contributed by atoms with Crippen molar-refractivity contribution in [1.29, 1.82) is 0 Å². The Morgan fingerprint density at radius 1 is 1.00 bits per heavy atom. The van der Waals surface area contributed by atoms with E-state index in [9.17, 15) is 4.79 Å². The summed E-state index contributed by atoms with van der Waals surface area (Å²) >= 11 is 0. The molecule has 1 aliphatic rings. The minimum absolute atomic E-state index is 0.0661. The topological polar surface area (TPSA) is 64.3 Å². The van der Waals surface area contributed by atoms with Gasteiger partial charge in [-0.05, 0) is 49.2 Å². The molecule has 23 heavy (non-hydrogen) atoms. The van der Waals surface area contributed by atoms with Gasteiger partial charge in [0.05, 0.1) is 5.54 Å². The van der Waals surface area contributed by atoms with E-state index in [2.05, 4.69) is 5.32 Å². The number of ether oxygens (including phenoxy) is 1. The molecule has 0 aliphatic heterocycles. The molecule has 3 rings (SSSR count). The fourth-order valence-corrected chi connectivity index (χ4v) is 3.04. The summed E-state index contributed by atoms with van der Waals surface area (Å²) in [6.07, 6.45) is 4.18. The summed E-state index contributed by atoms with van der Waals surface area (Å²) in [5.41, 5.74) is 6.27. The second kappa shape index (κ2) is 6.84. The first kappa shape index (κ1) is 15.6. The maximum absolute atomic E-state index is 12.4. The normalized spacial score (nSPS) is 16.0. The minimum atomic E-state index is -0.226. The van der Waals surface area contributed by atoms with E-state index in [0.717, 1.165) is 31.4 Å². The molecule has 0 spiro atoms. The molecular formula is C19H22N2O2. The molecule has 1 amide bonds. The van der Waals surface area contributed by atoms with Gasteiger partial charge in [-0.2, -0.15) is 0 Å². The zero-order chi connectivity index (χ0) is 16.1. The Morgan fingerprint density at radius 3 is 2.22 bits per heavy atom. The number of nitrogens with two attached hydrogens (primary N) is 1. The predicted octanol–water partition coefficient (Wildman–Crippen LogP) is 3.48. The van der Waals surface area contributed by atoms with Gasteiger partial charge < -0.3 is 15.8 Å². The Morgan fingerprint density at radius 2 is 1.61 bits per heavy atom. The summed E-state index contributed by atoms with van der Waals surface area (Å²) in [5.74, 6) is 1.42. The molecule has 2 aromatic carbocycles. The Balaban J connectivity index is 1.66. The molecule has 0 heterocycles. The molecule has 1 fully saturated rings. The van der Waals surface area contributed by atoms with Gasteiger partial charge in [0, 0.05) is 12.1 Å². The van der Waals surface area contributed by atoms with Crippen molar-refractivity contribution < 1.29 is 9.53 Å². The van der Waals surface area contributed by atoms with Crippen molar-refractivity contribution in [3.8, 4) is 11.5 Å². The van der Waals surface area contributed by atoms with Crippen LogP contribution in [-0.4, -0.2) is 18.0 Å². The quantitative estimate of drug-likeness (QED) is 0.888. The summed E-state index contributed by atoms with van der Waals surface area (Å²) < 4.78 is 5.74. The zero-order valence-corrected chi connectivity index (χ0v) is 13.1. The Labute approximate surface area is 136 Å². The van der Waals surface area contributed by atoms with Crippen molar-refractivity contribution in [3.05, 3.63) is 60.2 Å². The van der Waals surface area contributed by atoms with Crippen molar-refractivity contribution >= 4 is 5.91 Å². The van der Waals surface area contributed by atoms with Gasteiger partial charge in [0.15, 0.2) is 0 Å². The second-order valence-corrected chi connectivity index (χ2v) is 6.09. The number of benzene rings is 2. The Kier molecular flexibility index (Phi) is 4.63. The molecule has 1 saturated carbocycles. The van der Waals surface area contributed by atoms with Crippen LogP contribution in [0.5, 0.6) is 11.5 Å². The number of carbonyl (C=O) groups excluding carboxylic acids is 1. The lowest BCUT2D eigenvalue weighted by atomic mass is 9.97. The molecule has 2 aromatic rings. The Bertz CT molecular complexity index is 647. The lowest BCUT2D eigenvalue weighted by Crippen LogP contribution is -2.51. The summed E-state index contributed by atoms with van der Waals surface area (Å²) in [4.78, 5) is 12.4. The van der Waals surface area contributed by atoms with Crippen LogP contribution in [0.1, 0.15) is 36.0 Å². The molecule has 0 aromatic heterocycles. The van der Waals surface area contributed by atoms with Gasteiger partial charge in [-0.15, -0.1) is 0 Å². The molecule has 0 saturated heterocycles. The molecule has 0 atom stereocenters. The molecule has 120 valence electrons. The molecule has 1 aliphatic carbocycles. The summed E-state index contributed by atoms with van der Waals surface area (Å²) in [7, 11) is 0. The number of nitrogens with one attached hydrogen (secondary N) is 1. The van der Waals surface area contributed by atoms with E-state index < -0.39 is 0 Å². The lowest BCUT2D eigenvalue weighted by molar-refractivity contribution is 0.0903. The van der Waals surface area contributed by atoms with E-state index in [0.29, 0.717) is 17.9 Å². The number of amides is 1. The van der Waals surface area contributed by atoms with E-state index in [1.165, 1.54) is 0 Å². The van der Waals surface area contributed by atoms with Crippen LogP contribution in [-0.2, 0) is 0 Å². The van der Waals surface area contributed by atoms with Crippen molar-refractivity contribution in [2.75, 3.05) is 6.54 Å². The van der Waals surface area contributed by atoms with Crippen molar-refractivity contribution in [3.63, 3.8) is 0 Å². The molecule has 4 nitrogen and oxygen atoms in total. The number of para-hydroxylation sites is 1. The number of carbonyl (C=O) groups is 1. The summed E-state index contributed by atoms with van der Waals surface area (Å²) in [5, 5.41) is 3.12. The van der Waals surface area contributed by atoms with E-state index in [4.69, 9.17) is 10.5 Å². The monoisotopic (exact) mass is 310 g/mol. The second-order valence-electron chi connectivity index (χ2n) is 6.09. The van der Waals surface area contributed by atoms with E-state index >= 15 is 0 Å². The lowest BCUT2D eigenvalue weighted by Gasteiger charge is -2.28. The van der Waals surface area contributed by atoms with Crippen molar-refractivity contribution in [1.82, 2.24) is 5.32 Å². The Hall–Kier alpha value is -2.33. The highest BCUT2D eigenvalue weighted by Gasteiger charge is 2.33. The van der Waals surface area contributed by atoms with E-state index in [-0.39, 0.29) is 11.4 Å². The van der Waals surface area contributed by atoms with Gasteiger partial charge in [0.25, 0.3) is 5.91 Å². The van der Waals surface area contributed by atoms with E-state index in [1.54, 1.807) is 12.1 Å². The summed E-state index contributed by atoms with van der Waals surface area (Å²) in [6, 6.07) is 16.8.